The Morgan fingerprint density at radius 2 is 1.87 bits per heavy atom. The fourth-order valence-corrected chi connectivity index (χ4v) is 1.78. The zero-order valence-electron chi connectivity index (χ0n) is 7.32. The van der Waals surface area contributed by atoms with Crippen molar-refractivity contribution in [3.8, 4) is 0 Å². The van der Waals surface area contributed by atoms with E-state index in [0.29, 0.717) is 0 Å². The predicted octanol–water partition coefficient (Wildman–Crippen LogP) is -0.291. The van der Waals surface area contributed by atoms with Gasteiger partial charge in [-0.05, 0) is 6.07 Å². The van der Waals surface area contributed by atoms with E-state index in [1.807, 2.05) is 0 Å². The van der Waals surface area contributed by atoms with E-state index in [4.69, 9.17) is 10.2 Å². The summed E-state index contributed by atoms with van der Waals surface area (Å²) in [4.78, 5) is 9.71. The Balaban J connectivity index is 3.37. The van der Waals surface area contributed by atoms with Crippen LogP contribution in [0.25, 0.3) is 0 Å². The van der Waals surface area contributed by atoms with Crippen LogP contribution in [0, 0.1) is 0 Å². The summed E-state index contributed by atoms with van der Waals surface area (Å²) in [5.41, 5.74) is -0.431. The molecule has 15 heavy (non-hydrogen) atoms. The van der Waals surface area contributed by atoms with E-state index in [9.17, 15) is 17.8 Å². The smallest absolute Gasteiger partial charge is 0.337 e. The molecule has 1 atom stereocenters. The van der Waals surface area contributed by atoms with E-state index in [-0.39, 0.29) is 0 Å². The van der Waals surface area contributed by atoms with Crippen LogP contribution in [0.2, 0.25) is 0 Å². The van der Waals surface area contributed by atoms with Crippen molar-refractivity contribution in [2.24, 2.45) is 0 Å². The molecule has 1 aromatic rings. The molecule has 0 aromatic heterocycles. The van der Waals surface area contributed by atoms with E-state index in [0.717, 1.165) is 12.1 Å². The van der Waals surface area contributed by atoms with Crippen LogP contribution in [0.3, 0.4) is 0 Å². The third-order valence-electron chi connectivity index (χ3n) is 1.72. The minimum absolute atomic E-state index is 0.431. The molecule has 2 N–H and O–H groups in total. The second-order valence-electron chi connectivity index (χ2n) is 2.73. The molecule has 1 aromatic carbocycles. The van der Waals surface area contributed by atoms with Crippen molar-refractivity contribution in [2.45, 2.75) is 11.0 Å². The van der Waals surface area contributed by atoms with Crippen molar-refractivity contribution < 1.29 is 28.0 Å². The Morgan fingerprint density at radius 3 is 2.33 bits per heavy atom. The number of aliphatic hydroxyl groups is 1. The molecular weight excluding hydrogens is 224 g/mol. The average molecular weight is 231 g/mol. The molecule has 0 unspecified atom stereocenters. The summed E-state index contributed by atoms with van der Waals surface area (Å²) in [6, 6.07) is 4.62. The largest absolute Gasteiger partial charge is 0.744 e. The minimum Gasteiger partial charge on any atom is -0.744 e. The first-order chi connectivity index (χ1) is 6.84. The van der Waals surface area contributed by atoms with Crippen molar-refractivity contribution in [2.75, 3.05) is 0 Å². The standard InChI is InChI=1S/C8H8O6S/c9-7(8(10)11)5-3-1-2-4-6(5)15(12,13)14/h1-4,7,9H,(H,10,11)(H,12,13,14)/p-1/t7-/m0/s1. The number of carboxylic acids is 1. The minimum atomic E-state index is -4.79. The number of aliphatic hydroxyl groups excluding tert-OH is 1. The lowest BCUT2D eigenvalue weighted by atomic mass is 10.1. The Kier molecular flexibility index (Phi) is 3.08. The Morgan fingerprint density at radius 1 is 1.33 bits per heavy atom. The quantitative estimate of drug-likeness (QED) is 0.690. The third kappa shape index (κ3) is 2.52. The highest BCUT2D eigenvalue weighted by molar-refractivity contribution is 7.85. The van der Waals surface area contributed by atoms with Crippen LogP contribution >= 0.6 is 0 Å². The zero-order valence-corrected chi connectivity index (χ0v) is 8.14. The fourth-order valence-electron chi connectivity index (χ4n) is 1.07. The van der Waals surface area contributed by atoms with Crippen molar-refractivity contribution in [1.82, 2.24) is 0 Å². The normalized spacial score (nSPS) is 13.5. The van der Waals surface area contributed by atoms with E-state index >= 15 is 0 Å². The van der Waals surface area contributed by atoms with Gasteiger partial charge in [0.2, 0.25) is 0 Å². The van der Waals surface area contributed by atoms with Gasteiger partial charge >= 0.3 is 5.97 Å². The second kappa shape index (κ2) is 3.97. The maximum absolute atomic E-state index is 10.7. The highest BCUT2D eigenvalue weighted by atomic mass is 32.2. The van der Waals surface area contributed by atoms with Crippen LogP contribution < -0.4 is 0 Å². The topological polar surface area (TPSA) is 115 Å². The molecule has 0 spiro atoms. The number of carboxylic acid groups (broad SMARTS) is 1. The fraction of sp³-hybridized carbons (Fsp3) is 0.125. The number of aliphatic carboxylic acids is 1. The number of benzene rings is 1. The van der Waals surface area contributed by atoms with Crippen LogP contribution in [0.4, 0.5) is 0 Å². The Labute approximate surface area is 85.5 Å². The molecule has 0 fully saturated rings. The first kappa shape index (κ1) is 11.6. The molecule has 6 nitrogen and oxygen atoms in total. The molecule has 1 rings (SSSR count). The van der Waals surface area contributed by atoms with Gasteiger partial charge in [-0.25, -0.2) is 13.2 Å². The number of hydrogen-bond acceptors (Lipinski definition) is 5. The van der Waals surface area contributed by atoms with Gasteiger partial charge in [-0.3, -0.25) is 0 Å². The molecule has 0 bridgehead atoms. The van der Waals surface area contributed by atoms with Gasteiger partial charge in [0.15, 0.2) is 6.10 Å². The van der Waals surface area contributed by atoms with Gasteiger partial charge < -0.3 is 14.8 Å². The molecule has 0 aliphatic carbocycles. The highest BCUT2D eigenvalue weighted by Crippen LogP contribution is 2.22. The average Bonchev–Trinajstić information content (AvgIpc) is 2.15. The van der Waals surface area contributed by atoms with E-state index in [2.05, 4.69) is 0 Å². The van der Waals surface area contributed by atoms with Crippen molar-refractivity contribution in [3.63, 3.8) is 0 Å². The van der Waals surface area contributed by atoms with Gasteiger partial charge in [-0.2, -0.15) is 0 Å². The lowest BCUT2D eigenvalue weighted by Gasteiger charge is -2.14. The number of rotatable bonds is 3. The Hall–Kier alpha value is -1.44. The molecule has 7 heteroatoms. The number of carbonyl (C=O) groups is 1. The van der Waals surface area contributed by atoms with Crippen LogP contribution in [0.15, 0.2) is 29.2 Å². The van der Waals surface area contributed by atoms with E-state index in [1.165, 1.54) is 12.1 Å². The van der Waals surface area contributed by atoms with Gasteiger partial charge in [-0.1, -0.05) is 18.2 Å². The van der Waals surface area contributed by atoms with Gasteiger partial charge in [0.25, 0.3) is 0 Å². The van der Waals surface area contributed by atoms with Gasteiger partial charge in [0.1, 0.15) is 10.1 Å². The molecule has 0 radical (unpaired) electrons. The summed E-state index contributed by atoms with van der Waals surface area (Å²) < 4.78 is 32.2. The first-order valence-electron chi connectivity index (χ1n) is 3.79. The summed E-state index contributed by atoms with van der Waals surface area (Å²) in [6.07, 6.45) is -2.02. The zero-order chi connectivity index (χ0) is 11.6. The molecule has 0 aliphatic heterocycles. The number of hydrogen-bond donors (Lipinski definition) is 2. The van der Waals surface area contributed by atoms with Crippen LogP contribution in [0.1, 0.15) is 11.7 Å². The third-order valence-corrected chi connectivity index (χ3v) is 2.63. The summed E-state index contributed by atoms with van der Waals surface area (Å²) in [7, 11) is -4.79. The lowest BCUT2D eigenvalue weighted by molar-refractivity contribution is -0.147. The monoisotopic (exact) mass is 231 g/mol. The van der Waals surface area contributed by atoms with E-state index < -0.39 is 32.7 Å². The van der Waals surface area contributed by atoms with Gasteiger partial charge in [0, 0.05) is 5.56 Å². The van der Waals surface area contributed by atoms with Crippen molar-refractivity contribution in [3.05, 3.63) is 29.8 Å². The van der Waals surface area contributed by atoms with Crippen LogP contribution in [-0.4, -0.2) is 29.2 Å². The molecule has 82 valence electrons. The van der Waals surface area contributed by atoms with Crippen LogP contribution in [-0.2, 0) is 14.9 Å². The van der Waals surface area contributed by atoms with Crippen LogP contribution in [0.5, 0.6) is 0 Å². The van der Waals surface area contributed by atoms with Gasteiger partial charge in [0.05, 0.1) is 4.90 Å². The summed E-state index contributed by atoms with van der Waals surface area (Å²) >= 11 is 0. The molecule has 0 amide bonds. The molecule has 0 heterocycles. The highest BCUT2D eigenvalue weighted by Gasteiger charge is 2.21. The summed E-state index contributed by atoms with van der Waals surface area (Å²) in [5, 5.41) is 17.6. The predicted molar refractivity (Wildman–Crippen MR) is 47.0 cm³/mol. The molecule has 0 aliphatic rings. The molecular formula is C8H7O6S-. The van der Waals surface area contributed by atoms with Crippen molar-refractivity contribution in [1.29, 1.82) is 0 Å². The SMILES string of the molecule is O=C(O)[C@@H](O)c1ccccc1S(=O)(=O)[O-]. The van der Waals surface area contributed by atoms with Crippen molar-refractivity contribution >= 4 is 16.1 Å². The molecule has 0 saturated carbocycles. The second-order valence-corrected chi connectivity index (χ2v) is 4.08. The molecule has 0 saturated heterocycles. The maximum Gasteiger partial charge on any atom is 0.337 e. The Bertz CT molecular complexity index is 478. The summed E-state index contributed by atoms with van der Waals surface area (Å²) in [5.74, 6) is -1.62. The lowest BCUT2D eigenvalue weighted by Crippen LogP contribution is -2.14. The first-order valence-corrected chi connectivity index (χ1v) is 5.20. The van der Waals surface area contributed by atoms with Gasteiger partial charge in [-0.15, -0.1) is 0 Å². The maximum atomic E-state index is 10.7. The van der Waals surface area contributed by atoms with E-state index in [1.54, 1.807) is 0 Å². The summed E-state index contributed by atoms with van der Waals surface area (Å²) in [6.45, 7) is 0.